The molecule has 0 radical (unpaired) electrons. The molecule has 52 valence electrons. The highest BCUT2D eigenvalue weighted by molar-refractivity contribution is 7.76. The van der Waals surface area contributed by atoms with Crippen molar-refractivity contribution in [2.75, 3.05) is 13.1 Å². The fourth-order valence-corrected chi connectivity index (χ4v) is 1.24. The average Bonchev–Trinajstić information content (AvgIpc) is 1.90. The maximum absolute atomic E-state index is 10.4. The predicted molar refractivity (Wildman–Crippen MR) is 36.1 cm³/mol. The van der Waals surface area contributed by atoms with E-state index in [4.69, 9.17) is 4.55 Å². The van der Waals surface area contributed by atoms with Crippen LogP contribution in [0.1, 0.15) is 6.42 Å². The van der Waals surface area contributed by atoms with Crippen LogP contribution in [-0.2, 0) is 11.3 Å². The number of hydrogen-bond donors (Lipinski definition) is 1. The Morgan fingerprint density at radius 2 is 2.33 bits per heavy atom. The predicted octanol–water partition coefficient (Wildman–Crippen LogP) is 0.385. The molecule has 1 atom stereocenters. The Kier molecular flexibility index (Phi) is 2.38. The van der Waals surface area contributed by atoms with Crippen molar-refractivity contribution < 1.29 is 8.76 Å². The third kappa shape index (κ3) is 1.89. The lowest BCUT2D eigenvalue weighted by Crippen LogP contribution is -2.28. The van der Waals surface area contributed by atoms with Crippen molar-refractivity contribution in [1.82, 2.24) is 4.31 Å². The average molecular weight is 147 g/mol. The van der Waals surface area contributed by atoms with E-state index in [1.54, 1.807) is 0 Å². The van der Waals surface area contributed by atoms with Crippen LogP contribution in [0, 0.1) is 0 Å². The molecule has 1 rings (SSSR count). The van der Waals surface area contributed by atoms with Crippen LogP contribution in [-0.4, -0.2) is 26.2 Å². The summed E-state index contributed by atoms with van der Waals surface area (Å²) < 4.78 is 20.4. The molecule has 9 heavy (non-hydrogen) atoms. The first-order valence-electron chi connectivity index (χ1n) is 2.81. The summed E-state index contributed by atoms with van der Waals surface area (Å²) in [4.78, 5) is 0. The Morgan fingerprint density at radius 1 is 1.56 bits per heavy atom. The van der Waals surface area contributed by atoms with Crippen molar-refractivity contribution in [2.45, 2.75) is 6.42 Å². The van der Waals surface area contributed by atoms with Crippen LogP contribution in [0.4, 0.5) is 0 Å². The van der Waals surface area contributed by atoms with Gasteiger partial charge in [-0.05, 0) is 6.42 Å². The summed E-state index contributed by atoms with van der Waals surface area (Å²) in [6.07, 6.45) is 4.80. The fourth-order valence-electron chi connectivity index (χ4n) is 0.762. The highest BCUT2D eigenvalue weighted by Gasteiger charge is 2.09. The van der Waals surface area contributed by atoms with Crippen LogP contribution in [0.15, 0.2) is 12.2 Å². The summed E-state index contributed by atoms with van der Waals surface area (Å²) in [5.74, 6) is 0. The topological polar surface area (TPSA) is 40.5 Å². The quantitative estimate of drug-likeness (QED) is 0.430. The molecule has 0 aliphatic carbocycles. The molecule has 1 N–H and O–H groups in total. The summed E-state index contributed by atoms with van der Waals surface area (Å²) in [5.41, 5.74) is 0. The van der Waals surface area contributed by atoms with E-state index in [2.05, 4.69) is 0 Å². The molecular formula is C5H9NO2S. The summed E-state index contributed by atoms with van der Waals surface area (Å²) >= 11 is -1.77. The molecule has 0 aromatic rings. The molecule has 0 spiro atoms. The van der Waals surface area contributed by atoms with Gasteiger partial charge in [0.1, 0.15) is 0 Å². The van der Waals surface area contributed by atoms with Crippen molar-refractivity contribution in [3.8, 4) is 0 Å². The fraction of sp³-hybridized carbons (Fsp3) is 0.600. The summed E-state index contributed by atoms with van der Waals surface area (Å²) in [6.45, 7) is 1.29. The Bertz CT molecular complexity index is 146. The monoisotopic (exact) mass is 147 g/mol. The second-order valence-corrected chi connectivity index (χ2v) is 2.86. The zero-order valence-electron chi connectivity index (χ0n) is 4.99. The Morgan fingerprint density at radius 3 is 2.67 bits per heavy atom. The third-order valence-corrected chi connectivity index (χ3v) is 2.02. The first-order valence-corrected chi connectivity index (χ1v) is 3.88. The maximum atomic E-state index is 10.4. The lowest BCUT2D eigenvalue weighted by Gasteiger charge is -2.17. The summed E-state index contributed by atoms with van der Waals surface area (Å²) in [5, 5.41) is 0. The molecule has 3 nitrogen and oxygen atoms in total. The van der Waals surface area contributed by atoms with Gasteiger partial charge in [-0.2, -0.15) is 4.31 Å². The lowest BCUT2D eigenvalue weighted by molar-refractivity contribution is 0.420. The molecule has 0 aromatic heterocycles. The molecule has 0 amide bonds. The Balaban J connectivity index is 2.44. The number of rotatable bonds is 1. The third-order valence-electron chi connectivity index (χ3n) is 1.24. The van der Waals surface area contributed by atoms with Gasteiger partial charge in [0.25, 0.3) is 0 Å². The van der Waals surface area contributed by atoms with Crippen LogP contribution in [0.2, 0.25) is 0 Å². The summed E-state index contributed by atoms with van der Waals surface area (Å²) in [7, 11) is 0. The minimum absolute atomic E-state index is 0.600. The van der Waals surface area contributed by atoms with Gasteiger partial charge >= 0.3 is 0 Å². The van der Waals surface area contributed by atoms with E-state index in [0.29, 0.717) is 13.1 Å². The van der Waals surface area contributed by atoms with E-state index < -0.39 is 11.3 Å². The molecule has 0 saturated heterocycles. The first-order chi connectivity index (χ1) is 4.30. The molecule has 1 heterocycles. The molecule has 4 heteroatoms. The smallest absolute Gasteiger partial charge is 0.234 e. The van der Waals surface area contributed by atoms with Crippen LogP contribution in [0.25, 0.3) is 0 Å². The highest BCUT2D eigenvalue weighted by atomic mass is 32.2. The summed E-state index contributed by atoms with van der Waals surface area (Å²) in [6, 6.07) is 0. The number of hydrogen-bond acceptors (Lipinski definition) is 1. The maximum Gasteiger partial charge on any atom is 0.234 e. The molecule has 1 unspecified atom stereocenters. The largest absolute Gasteiger partial charge is 0.294 e. The minimum Gasteiger partial charge on any atom is -0.294 e. The van der Waals surface area contributed by atoms with Gasteiger partial charge < -0.3 is 0 Å². The van der Waals surface area contributed by atoms with Crippen molar-refractivity contribution in [1.29, 1.82) is 0 Å². The second-order valence-electron chi connectivity index (χ2n) is 1.88. The van der Waals surface area contributed by atoms with E-state index >= 15 is 0 Å². The van der Waals surface area contributed by atoms with Crippen molar-refractivity contribution in [3.63, 3.8) is 0 Å². The second kappa shape index (κ2) is 3.10. The van der Waals surface area contributed by atoms with E-state index in [1.807, 2.05) is 12.2 Å². The van der Waals surface area contributed by atoms with Crippen LogP contribution in [0.5, 0.6) is 0 Å². The van der Waals surface area contributed by atoms with Gasteiger partial charge in [-0.3, -0.25) is 4.55 Å². The highest BCUT2D eigenvalue weighted by Crippen LogP contribution is 2.01. The van der Waals surface area contributed by atoms with E-state index in [0.717, 1.165) is 6.42 Å². The normalized spacial score (nSPS) is 24.1. The standard InChI is InChI=1S/C5H9NO2S/c7-9(8)6-4-2-1-3-5-6/h1-2H,3-5H2,(H,7,8). The Labute approximate surface area is 56.8 Å². The first kappa shape index (κ1) is 6.92. The van der Waals surface area contributed by atoms with Gasteiger partial charge in [0.15, 0.2) is 0 Å². The SMILES string of the molecule is O=S(O)N1CC=CCC1. The van der Waals surface area contributed by atoms with Crippen LogP contribution >= 0.6 is 0 Å². The van der Waals surface area contributed by atoms with Gasteiger partial charge in [-0.25, -0.2) is 4.21 Å². The van der Waals surface area contributed by atoms with Gasteiger partial charge in [-0.15, -0.1) is 0 Å². The molecule has 0 fully saturated rings. The molecule has 1 aliphatic rings. The zero-order valence-corrected chi connectivity index (χ0v) is 5.80. The molecule has 0 bridgehead atoms. The Hall–Kier alpha value is -0.190. The number of nitrogens with zero attached hydrogens (tertiary/aromatic N) is 1. The zero-order chi connectivity index (χ0) is 6.69. The van der Waals surface area contributed by atoms with Gasteiger partial charge in [0.2, 0.25) is 11.3 Å². The van der Waals surface area contributed by atoms with Gasteiger partial charge in [-0.1, -0.05) is 12.2 Å². The van der Waals surface area contributed by atoms with Crippen LogP contribution in [0.3, 0.4) is 0 Å². The molecule has 0 saturated carbocycles. The van der Waals surface area contributed by atoms with Crippen molar-refractivity contribution in [3.05, 3.63) is 12.2 Å². The molecule has 0 aromatic carbocycles. The van der Waals surface area contributed by atoms with Crippen molar-refractivity contribution >= 4 is 11.3 Å². The van der Waals surface area contributed by atoms with Gasteiger partial charge in [0.05, 0.1) is 0 Å². The lowest BCUT2D eigenvalue weighted by atomic mass is 10.3. The van der Waals surface area contributed by atoms with Gasteiger partial charge in [0, 0.05) is 13.1 Å². The molecule has 1 aliphatic heterocycles. The van der Waals surface area contributed by atoms with Crippen LogP contribution < -0.4 is 0 Å². The van der Waals surface area contributed by atoms with E-state index in [9.17, 15) is 4.21 Å². The van der Waals surface area contributed by atoms with E-state index in [1.165, 1.54) is 4.31 Å². The minimum atomic E-state index is -1.77. The van der Waals surface area contributed by atoms with Crippen molar-refractivity contribution in [2.24, 2.45) is 0 Å². The molecular weight excluding hydrogens is 138 g/mol. The van der Waals surface area contributed by atoms with E-state index in [-0.39, 0.29) is 0 Å².